The molecule has 0 rings (SSSR count). The average molecular weight is 214 g/mol. The van der Waals surface area contributed by atoms with Crippen LogP contribution in [0, 0.1) is 0 Å². The van der Waals surface area contributed by atoms with Gasteiger partial charge in [-0.3, -0.25) is 5.26 Å². The molecular formula is C13H26O2. The summed E-state index contributed by atoms with van der Waals surface area (Å²) in [6, 6.07) is 0. The summed E-state index contributed by atoms with van der Waals surface area (Å²) >= 11 is 0. The standard InChI is InChI=1S/C13H26O2/c1-2-3-4-5-6-7-8-9-10-11-12-13-15-14/h2,14H,1,3-13H2. The Morgan fingerprint density at radius 3 is 1.73 bits per heavy atom. The van der Waals surface area contributed by atoms with Gasteiger partial charge in [-0.15, -0.1) is 6.58 Å². The normalized spacial score (nSPS) is 10.5. The zero-order chi connectivity index (χ0) is 11.2. The lowest BCUT2D eigenvalue weighted by Gasteiger charge is -2.01. The van der Waals surface area contributed by atoms with Crippen molar-refractivity contribution in [3.05, 3.63) is 12.7 Å². The molecule has 0 aromatic carbocycles. The van der Waals surface area contributed by atoms with Gasteiger partial charge in [0.25, 0.3) is 0 Å². The first-order valence-electron chi connectivity index (χ1n) is 6.29. The van der Waals surface area contributed by atoms with Crippen LogP contribution in [0.3, 0.4) is 0 Å². The van der Waals surface area contributed by atoms with Gasteiger partial charge in [0.1, 0.15) is 0 Å². The second-order valence-corrected chi connectivity index (χ2v) is 4.09. The van der Waals surface area contributed by atoms with E-state index in [1.165, 1.54) is 57.8 Å². The number of allylic oxidation sites excluding steroid dienone is 1. The molecule has 0 saturated carbocycles. The fraction of sp³-hybridized carbons (Fsp3) is 0.846. The Bertz CT molecular complexity index is 124. The van der Waals surface area contributed by atoms with E-state index >= 15 is 0 Å². The maximum absolute atomic E-state index is 8.10. The Labute approximate surface area is 94.3 Å². The maximum atomic E-state index is 8.10. The van der Waals surface area contributed by atoms with E-state index in [0.717, 1.165) is 6.42 Å². The van der Waals surface area contributed by atoms with Crippen molar-refractivity contribution < 1.29 is 10.1 Å². The molecule has 15 heavy (non-hydrogen) atoms. The van der Waals surface area contributed by atoms with E-state index < -0.39 is 0 Å². The van der Waals surface area contributed by atoms with E-state index in [-0.39, 0.29) is 0 Å². The monoisotopic (exact) mass is 214 g/mol. The third-order valence-electron chi connectivity index (χ3n) is 2.64. The van der Waals surface area contributed by atoms with Gasteiger partial charge in [0.2, 0.25) is 0 Å². The van der Waals surface area contributed by atoms with Crippen molar-refractivity contribution in [1.82, 2.24) is 0 Å². The van der Waals surface area contributed by atoms with Gasteiger partial charge < -0.3 is 0 Å². The summed E-state index contributed by atoms with van der Waals surface area (Å²) in [5.41, 5.74) is 0. The highest BCUT2D eigenvalue weighted by Crippen LogP contribution is 2.10. The lowest BCUT2D eigenvalue weighted by molar-refractivity contribution is -0.242. The zero-order valence-electron chi connectivity index (χ0n) is 9.92. The molecule has 0 amide bonds. The van der Waals surface area contributed by atoms with Crippen LogP contribution in [0.25, 0.3) is 0 Å². The van der Waals surface area contributed by atoms with E-state index in [4.69, 9.17) is 5.26 Å². The predicted molar refractivity (Wildman–Crippen MR) is 64.9 cm³/mol. The van der Waals surface area contributed by atoms with Crippen molar-refractivity contribution in [2.24, 2.45) is 0 Å². The largest absolute Gasteiger partial charge is 0.252 e. The van der Waals surface area contributed by atoms with Crippen LogP contribution in [0.2, 0.25) is 0 Å². The van der Waals surface area contributed by atoms with E-state index in [1.54, 1.807) is 0 Å². The summed E-state index contributed by atoms with van der Waals surface area (Å²) in [6.07, 6.45) is 14.7. The quantitative estimate of drug-likeness (QED) is 0.223. The third-order valence-corrected chi connectivity index (χ3v) is 2.64. The number of hydrogen-bond donors (Lipinski definition) is 1. The van der Waals surface area contributed by atoms with Gasteiger partial charge in [-0.05, 0) is 19.3 Å². The fourth-order valence-electron chi connectivity index (χ4n) is 1.69. The molecule has 0 aromatic heterocycles. The minimum atomic E-state index is 0.488. The summed E-state index contributed by atoms with van der Waals surface area (Å²) < 4.78 is 0. The Balaban J connectivity index is 2.83. The fourth-order valence-corrected chi connectivity index (χ4v) is 1.69. The predicted octanol–water partition coefficient (Wildman–Crippen LogP) is 4.56. The second kappa shape index (κ2) is 13.7. The maximum Gasteiger partial charge on any atom is 0.0819 e. The van der Waals surface area contributed by atoms with Crippen LogP contribution in [0.15, 0.2) is 12.7 Å². The number of unbranched alkanes of at least 4 members (excludes halogenated alkanes) is 9. The van der Waals surface area contributed by atoms with Gasteiger partial charge in [0.05, 0.1) is 6.61 Å². The molecule has 90 valence electrons. The van der Waals surface area contributed by atoms with Crippen LogP contribution >= 0.6 is 0 Å². The van der Waals surface area contributed by atoms with Crippen molar-refractivity contribution in [3.63, 3.8) is 0 Å². The summed E-state index contributed by atoms with van der Waals surface area (Å²) in [4.78, 5) is 4.02. The summed E-state index contributed by atoms with van der Waals surface area (Å²) in [5, 5.41) is 8.10. The van der Waals surface area contributed by atoms with Gasteiger partial charge >= 0.3 is 0 Å². The first kappa shape index (κ1) is 14.7. The molecule has 0 radical (unpaired) electrons. The molecule has 0 saturated heterocycles. The van der Waals surface area contributed by atoms with E-state index in [2.05, 4.69) is 11.5 Å². The second-order valence-electron chi connectivity index (χ2n) is 4.09. The average Bonchev–Trinajstić information content (AvgIpc) is 2.26. The minimum Gasteiger partial charge on any atom is -0.252 e. The van der Waals surface area contributed by atoms with Crippen molar-refractivity contribution in [2.45, 2.75) is 64.2 Å². The topological polar surface area (TPSA) is 29.5 Å². The molecule has 0 fully saturated rings. The molecule has 0 aromatic rings. The zero-order valence-corrected chi connectivity index (χ0v) is 9.92. The van der Waals surface area contributed by atoms with Crippen molar-refractivity contribution in [2.75, 3.05) is 6.61 Å². The van der Waals surface area contributed by atoms with Crippen molar-refractivity contribution in [1.29, 1.82) is 0 Å². The number of hydrogen-bond acceptors (Lipinski definition) is 2. The molecule has 0 bridgehead atoms. The molecule has 0 spiro atoms. The molecule has 0 aliphatic rings. The smallest absolute Gasteiger partial charge is 0.0819 e. The SMILES string of the molecule is C=CCCCCCCCCCCCOO. The summed E-state index contributed by atoms with van der Waals surface area (Å²) in [7, 11) is 0. The van der Waals surface area contributed by atoms with Crippen LogP contribution in [-0.4, -0.2) is 11.9 Å². The van der Waals surface area contributed by atoms with E-state index in [1.807, 2.05) is 6.08 Å². The molecule has 1 N–H and O–H groups in total. The lowest BCUT2D eigenvalue weighted by Crippen LogP contribution is -1.88. The molecule has 2 heteroatoms. The molecule has 0 aliphatic carbocycles. The summed E-state index contributed by atoms with van der Waals surface area (Å²) in [5.74, 6) is 0. The van der Waals surface area contributed by atoms with Crippen LogP contribution in [-0.2, 0) is 4.89 Å². The highest BCUT2D eigenvalue weighted by atomic mass is 17.1. The minimum absolute atomic E-state index is 0.488. The van der Waals surface area contributed by atoms with Gasteiger partial charge in [-0.2, -0.15) is 0 Å². The molecular weight excluding hydrogens is 188 g/mol. The van der Waals surface area contributed by atoms with Crippen LogP contribution in [0.1, 0.15) is 64.2 Å². The van der Waals surface area contributed by atoms with Gasteiger partial charge in [-0.25, -0.2) is 4.89 Å². The van der Waals surface area contributed by atoms with E-state index in [0.29, 0.717) is 6.61 Å². The van der Waals surface area contributed by atoms with Crippen molar-refractivity contribution in [3.8, 4) is 0 Å². The van der Waals surface area contributed by atoms with Gasteiger partial charge in [0.15, 0.2) is 0 Å². The molecule has 2 nitrogen and oxygen atoms in total. The first-order chi connectivity index (χ1) is 7.41. The highest BCUT2D eigenvalue weighted by molar-refractivity contribution is 4.65. The van der Waals surface area contributed by atoms with Crippen LogP contribution < -0.4 is 0 Å². The molecule has 0 atom stereocenters. The van der Waals surface area contributed by atoms with E-state index in [9.17, 15) is 0 Å². The van der Waals surface area contributed by atoms with Crippen molar-refractivity contribution >= 4 is 0 Å². The molecule has 0 heterocycles. The Hall–Kier alpha value is -0.340. The van der Waals surface area contributed by atoms with Crippen LogP contribution in [0.5, 0.6) is 0 Å². The summed E-state index contributed by atoms with van der Waals surface area (Å²) in [6.45, 7) is 4.20. The third kappa shape index (κ3) is 13.7. The molecule has 0 aliphatic heterocycles. The number of rotatable bonds is 12. The lowest BCUT2D eigenvalue weighted by atomic mass is 10.1. The van der Waals surface area contributed by atoms with Gasteiger partial charge in [0, 0.05) is 0 Å². The highest BCUT2D eigenvalue weighted by Gasteiger charge is 1.92. The van der Waals surface area contributed by atoms with Crippen LogP contribution in [0.4, 0.5) is 0 Å². The Morgan fingerprint density at radius 1 is 0.800 bits per heavy atom. The van der Waals surface area contributed by atoms with Gasteiger partial charge in [-0.1, -0.05) is 51.0 Å². The Morgan fingerprint density at radius 2 is 1.27 bits per heavy atom. The molecule has 0 unspecified atom stereocenters. The Kier molecular flexibility index (Phi) is 13.4. The first-order valence-corrected chi connectivity index (χ1v) is 6.29.